The largest absolute Gasteiger partial charge is 0.416 e. The maximum Gasteiger partial charge on any atom is 0.416 e. The molecule has 14 heteroatoms. The van der Waals surface area contributed by atoms with E-state index in [1.54, 1.807) is 11.8 Å². The second-order valence-corrected chi connectivity index (χ2v) is 15.4. The maximum atomic E-state index is 14.4. The molecule has 1 N–H and O–H groups in total. The van der Waals surface area contributed by atoms with Crippen LogP contribution in [0.15, 0.2) is 77.7 Å². The summed E-state index contributed by atoms with van der Waals surface area (Å²) in [6.45, 7) is 2.92. The number of pyridine rings is 1. The third kappa shape index (κ3) is 8.07. The van der Waals surface area contributed by atoms with Gasteiger partial charge in [0.25, 0.3) is 5.91 Å². The first-order valence-corrected chi connectivity index (χ1v) is 18.6. The van der Waals surface area contributed by atoms with E-state index in [-0.39, 0.29) is 57.2 Å². The van der Waals surface area contributed by atoms with Crippen molar-refractivity contribution in [3.05, 3.63) is 95.1 Å². The van der Waals surface area contributed by atoms with Gasteiger partial charge in [-0.15, -0.1) is 0 Å². The Hall–Kier alpha value is -4.01. The van der Waals surface area contributed by atoms with E-state index in [0.29, 0.717) is 38.9 Å². The molecule has 0 spiro atoms. The number of nitrogens with zero attached hydrogens (tertiary/aromatic N) is 3. The second kappa shape index (κ2) is 14.2. The third-order valence-corrected chi connectivity index (χ3v) is 11.0. The number of likely N-dealkylation sites (tertiary alicyclic amines) is 2. The number of rotatable bonds is 8. The van der Waals surface area contributed by atoms with Gasteiger partial charge >= 0.3 is 12.4 Å². The third-order valence-electron chi connectivity index (χ3n) is 9.90. The number of alkyl halides is 6. The van der Waals surface area contributed by atoms with Crippen LogP contribution in [0.4, 0.5) is 26.3 Å². The molecule has 2 aliphatic rings. The predicted molar refractivity (Wildman–Crippen MR) is 182 cm³/mol. The molecule has 3 aromatic carbocycles. The minimum atomic E-state index is -4.66. The van der Waals surface area contributed by atoms with Gasteiger partial charge < -0.3 is 5.32 Å². The highest BCUT2D eigenvalue weighted by Crippen LogP contribution is 2.39. The molecule has 0 saturated carbocycles. The molecular weight excluding hydrogens is 694 g/mol. The number of piperidine rings is 1. The molecule has 2 atom stereocenters. The molecule has 3 heterocycles. The van der Waals surface area contributed by atoms with E-state index in [4.69, 9.17) is 4.98 Å². The van der Waals surface area contributed by atoms with E-state index in [1.165, 1.54) is 30.3 Å². The molecule has 1 amide bonds. The molecule has 1 unspecified atom stereocenters. The number of carbonyl (C=O) groups is 1. The Morgan fingerprint density at radius 3 is 2.27 bits per heavy atom. The van der Waals surface area contributed by atoms with E-state index < -0.39 is 45.7 Å². The average molecular weight is 733 g/mol. The summed E-state index contributed by atoms with van der Waals surface area (Å²) in [5, 5.41) is 3.20. The normalized spacial score (nSPS) is 19.0. The van der Waals surface area contributed by atoms with Crippen molar-refractivity contribution in [1.29, 1.82) is 0 Å². The van der Waals surface area contributed by atoms with Crippen molar-refractivity contribution in [3.8, 4) is 11.3 Å². The lowest BCUT2D eigenvalue weighted by Gasteiger charge is -2.40. The van der Waals surface area contributed by atoms with E-state index in [2.05, 4.69) is 5.32 Å². The Morgan fingerprint density at radius 1 is 0.922 bits per heavy atom. The summed E-state index contributed by atoms with van der Waals surface area (Å²) in [6.07, 6.45) is -6.58. The molecular formula is C37H38F6N4O3S. The Bertz CT molecular complexity index is 2010. The molecule has 272 valence electrons. The summed E-state index contributed by atoms with van der Waals surface area (Å²) >= 11 is 0. The lowest BCUT2D eigenvalue weighted by molar-refractivity contribution is -0.182. The van der Waals surface area contributed by atoms with Crippen molar-refractivity contribution in [1.82, 2.24) is 20.1 Å². The zero-order chi connectivity index (χ0) is 36.7. The highest BCUT2D eigenvalue weighted by molar-refractivity contribution is 7.90. The fourth-order valence-electron chi connectivity index (χ4n) is 7.31. The minimum absolute atomic E-state index is 0.0372. The fraction of sp³-hybridized carbons (Fsp3) is 0.405. The van der Waals surface area contributed by atoms with Crippen LogP contribution in [0.3, 0.4) is 0 Å². The molecule has 0 radical (unpaired) electrons. The van der Waals surface area contributed by atoms with Crippen LogP contribution in [0.2, 0.25) is 0 Å². The van der Waals surface area contributed by atoms with Gasteiger partial charge in [0, 0.05) is 35.4 Å². The van der Waals surface area contributed by atoms with Gasteiger partial charge in [-0.1, -0.05) is 42.5 Å². The summed E-state index contributed by atoms with van der Waals surface area (Å²) in [7, 11) is -3.74. The molecule has 2 fully saturated rings. The summed E-state index contributed by atoms with van der Waals surface area (Å²) < 4.78 is 108. The lowest BCUT2D eigenvalue weighted by atomic mass is 9.93. The number of hydrogen-bond acceptors (Lipinski definition) is 6. The van der Waals surface area contributed by atoms with Crippen molar-refractivity contribution in [3.63, 3.8) is 0 Å². The van der Waals surface area contributed by atoms with Crippen LogP contribution in [0.1, 0.15) is 65.7 Å². The van der Waals surface area contributed by atoms with E-state index in [1.807, 2.05) is 35.2 Å². The van der Waals surface area contributed by atoms with Crippen LogP contribution in [-0.2, 0) is 22.6 Å². The Kier molecular flexibility index (Phi) is 10.2. The lowest BCUT2D eigenvalue weighted by Crippen LogP contribution is -2.50. The van der Waals surface area contributed by atoms with Gasteiger partial charge in [-0.05, 0) is 88.1 Å². The molecule has 1 aromatic heterocycles. The maximum absolute atomic E-state index is 14.4. The quantitative estimate of drug-likeness (QED) is 0.186. The Morgan fingerprint density at radius 2 is 1.63 bits per heavy atom. The number of aromatic nitrogens is 1. The van der Waals surface area contributed by atoms with Crippen molar-refractivity contribution in [2.75, 3.05) is 25.9 Å². The second-order valence-electron chi connectivity index (χ2n) is 13.4. The molecule has 0 bridgehead atoms. The Balaban J connectivity index is 1.46. The monoisotopic (exact) mass is 732 g/mol. The standard InChI is InChI=1S/C37H38F6N4O3S/c1-23(24-8-4-3-5-9-24)44-35(48)33-29-21-28(51(2,49)50)13-14-31(29)45-34(25-10-6-11-26(20-25)36(38,39)40)30(33)22-46-18-15-27(16-19-46)47-17-7-12-32(47)37(41,42)43/h3-6,8-11,13-14,20-21,23,27,32H,7,12,15-19,22H2,1-2H3,(H,44,48)/t23-,32?/m0/s1. The highest BCUT2D eigenvalue weighted by atomic mass is 32.2. The van der Waals surface area contributed by atoms with Gasteiger partial charge in [0.15, 0.2) is 9.84 Å². The van der Waals surface area contributed by atoms with Crippen LogP contribution >= 0.6 is 0 Å². The van der Waals surface area contributed by atoms with Crippen LogP contribution in [0.25, 0.3) is 22.2 Å². The van der Waals surface area contributed by atoms with E-state index in [0.717, 1.165) is 24.0 Å². The van der Waals surface area contributed by atoms with Crippen LogP contribution in [0, 0.1) is 0 Å². The summed E-state index contributed by atoms with van der Waals surface area (Å²) in [5.41, 5.74) is 0.687. The summed E-state index contributed by atoms with van der Waals surface area (Å²) in [6, 6.07) is 15.6. The summed E-state index contributed by atoms with van der Waals surface area (Å²) in [5.74, 6) is -0.576. The van der Waals surface area contributed by atoms with Gasteiger partial charge in [-0.3, -0.25) is 14.6 Å². The smallest absolute Gasteiger partial charge is 0.345 e. The first-order chi connectivity index (χ1) is 24.0. The van der Waals surface area contributed by atoms with Crippen LogP contribution < -0.4 is 5.32 Å². The molecule has 7 nitrogen and oxygen atoms in total. The van der Waals surface area contributed by atoms with Gasteiger partial charge in [0.2, 0.25) is 0 Å². The van der Waals surface area contributed by atoms with Gasteiger partial charge in [0.1, 0.15) is 6.04 Å². The minimum Gasteiger partial charge on any atom is -0.345 e. The predicted octanol–water partition coefficient (Wildman–Crippen LogP) is 7.81. The number of fused-ring (bicyclic) bond motifs is 1. The molecule has 4 aromatic rings. The summed E-state index contributed by atoms with van der Waals surface area (Å²) in [4.78, 5) is 22.6. The van der Waals surface area contributed by atoms with Gasteiger partial charge in [-0.2, -0.15) is 26.3 Å². The number of hydrogen-bond donors (Lipinski definition) is 1. The topological polar surface area (TPSA) is 82.6 Å². The first-order valence-electron chi connectivity index (χ1n) is 16.8. The number of benzene rings is 3. The molecule has 51 heavy (non-hydrogen) atoms. The van der Waals surface area contributed by atoms with Crippen LogP contribution in [-0.4, -0.2) is 73.3 Å². The van der Waals surface area contributed by atoms with E-state index in [9.17, 15) is 39.6 Å². The number of carbonyl (C=O) groups excluding carboxylic acids is 1. The average Bonchev–Trinajstić information content (AvgIpc) is 3.59. The van der Waals surface area contributed by atoms with Gasteiger partial charge in [-0.25, -0.2) is 13.4 Å². The number of sulfone groups is 1. The van der Waals surface area contributed by atoms with Crippen molar-refractivity contribution in [2.24, 2.45) is 0 Å². The number of halogens is 6. The van der Waals surface area contributed by atoms with Crippen LogP contribution in [0.5, 0.6) is 0 Å². The van der Waals surface area contributed by atoms with Crippen molar-refractivity contribution >= 4 is 26.6 Å². The highest BCUT2D eigenvalue weighted by Gasteiger charge is 2.48. The van der Waals surface area contributed by atoms with Crippen molar-refractivity contribution < 1.29 is 39.6 Å². The zero-order valence-electron chi connectivity index (χ0n) is 28.1. The van der Waals surface area contributed by atoms with Gasteiger partial charge in [0.05, 0.1) is 33.3 Å². The number of nitrogens with one attached hydrogen (secondary N) is 1. The molecule has 0 aliphatic carbocycles. The zero-order valence-corrected chi connectivity index (χ0v) is 28.9. The molecule has 6 rings (SSSR count). The Labute approximate surface area is 292 Å². The number of amides is 1. The van der Waals surface area contributed by atoms with Crippen molar-refractivity contribution in [2.45, 2.75) is 74.5 Å². The fourth-order valence-corrected chi connectivity index (χ4v) is 7.96. The van der Waals surface area contributed by atoms with E-state index >= 15 is 0 Å². The molecule has 2 aliphatic heterocycles. The first kappa shape index (κ1) is 36.8. The molecule has 2 saturated heterocycles. The SMILES string of the molecule is C[C@H](NC(=O)c1c(CN2CCC(N3CCCC3C(F)(F)F)CC2)c(-c2cccc(C(F)(F)F)c2)nc2ccc(S(C)(=O)=O)cc12)c1ccccc1.